The first-order valence-corrected chi connectivity index (χ1v) is 5.21. The van der Waals surface area contributed by atoms with Gasteiger partial charge in [0.1, 0.15) is 0 Å². The molecule has 1 rings (SSSR count). The Balaban J connectivity index is 3.40. The maximum absolute atomic E-state index is 12.6. The van der Waals surface area contributed by atoms with E-state index in [9.17, 15) is 13.2 Å². The summed E-state index contributed by atoms with van der Waals surface area (Å²) in [7, 11) is 0. The fourth-order valence-electron chi connectivity index (χ4n) is 1.57. The smallest absolute Gasteiger partial charge is 0.166 e. The first-order chi connectivity index (χ1) is 6.36. The van der Waals surface area contributed by atoms with E-state index < -0.39 is 11.7 Å². The highest BCUT2D eigenvalue weighted by Gasteiger charge is 2.34. The topological polar surface area (TPSA) is 0 Å². The molecule has 0 bridgehead atoms. The van der Waals surface area contributed by atoms with Gasteiger partial charge in [0.2, 0.25) is 0 Å². The highest BCUT2D eigenvalue weighted by atomic mass is 79.9. The molecule has 0 saturated carbocycles. The second-order valence-corrected chi connectivity index (χ2v) is 3.81. The largest absolute Gasteiger partial charge is 0.416 e. The molecule has 0 heterocycles. The Labute approximate surface area is 89.3 Å². The van der Waals surface area contributed by atoms with Crippen molar-refractivity contribution in [2.24, 2.45) is 0 Å². The number of hydrogen-bond acceptors (Lipinski definition) is 0. The van der Waals surface area contributed by atoms with Gasteiger partial charge < -0.3 is 0 Å². The summed E-state index contributed by atoms with van der Waals surface area (Å²) in [6.45, 7) is 3.28. The van der Waals surface area contributed by atoms with Gasteiger partial charge >= 0.3 is 6.18 Å². The lowest BCUT2D eigenvalue weighted by atomic mass is 9.99. The van der Waals surface area contributed by atoms with Crippen LogP contribution in [0.5, 0.6) is 0 Å². The maximum atomic E-state index is 12.6. The van der Waals surface area contributed by atoms with Crippen LogP contribution in [0.25, 0.3) is 0 Å². The van der Waals surface area contributed by atoms with Gasteiger partial charge in [-0.2, -0.15) is 13.2 Å². The van der Waals surface area contributed by atoms with E-state index in [-0.39, 0.29) is 10.9 Å². The zero-order valence-corrected chi connectivity index (χ0v) is 9.46. The Morgan fingerprint density at radius 2 is 1.79 bits per heavy atom. The molecule has 0 N–H and O–H groups in total. The summed E-state index contributed by atoms with van der Waals surface area (Å²) in [6, 6.07) is 3.11. The van der Waals surface area contributed by atoms with Gasteiger partial charge in [-0.3, -0.25) is 0 Å². The number of rotatable bonds is 1. The third kappa shape index (κ3) is 2.29. The molecule has 0 aliphatic carbocycles. The molecule has 0 unspecified atom stereocenters. The Kier molecular flexibility index (Phi) is 3.24. The molecule has 78 valence electrons. The van der Waals surface area contributed by atoms with Crippen molar-refractivity contribution in [2.75, 3.05) is 0 Å². The van der Waals surface area contributed by atoms with Crippen LogP contribution >= 0.6 is 15.9 Å². The lowest BCUT2D eigenvalue weighted by Gasteiger charge is -2.15. The predicted octanol–water partition coefficient (Wildman–Crippen LogP) is 4.22. The number of benzene rings is 1. The van der Waals surface area contributed by atoms with E-state index in [0.29, 0.717) is 5.56 Å². The minimum atomic E-state index is -4.26. The lowest BCUT2D eigenvalue weighted by molar-refractivity contribution is -0.138. The standard InChI is InChI=1S/C10H10BrF3/c1-6-3-7(2)9(10(12,13)14)8(4-6)5-11/h3-4H,5H2,1-2H3. The van der Waals surface area contributed by atoms with Crippen molar-refractivity contribution in [3.8, 4) is 0 Å². The molecule has 1 aromatic rings. The molecular weight excluding hydrogens is 257 g/mol. The summed E-state index contributed by atoms with van der Waals surface area (Å²) in [6.07, 6.45) is -4.26. The monoisotopic (exact) mass is 266 g/mol. The van der Waals surface area contributed by atoms with Crippen LogP contribution in [0.3, 0.4) is 0 Å². The van der Waals surface area contributed by atoms with Crippen LogP contribution in [-0.2, 0) is 11.5 Å². The fourth-order valence-corrected chi connectivity index (χ4v) is 2.01. The maximum Gasteiger partial charge on any atom is 0.416 e. The first kappa shape index (κ1) is 11.6. The Morgan fingerprint density at radius 3 is 2.21 bits per heavy atom. The molecule has 0 nitrogen and oxygen atoms in total. The van der Waals surface area contributed by atoms with Crippen molar-refractivity contribution in [3.05, 3.63) is 34.4 Å². The minimum absolute atomic E-state index is 0.227. The van der Waals surface area contributed by atoms with Crippen molar-refractivity contribution in [3.63, 3.8) is 0 Å². The third-order valence-corrected chi connectivity index (χ3v) is 2.59. The lowest BCUT2D eigenvalue weighted by Crippen LogP contribution is -2.11. The van der Waals surface area contributed by atoms with E-state index in [4.69, 9.17) is 0 Å². The van der Waals surface area contributed by atoms with Gasteiger partial charge in [0, 0.05) is 5.33 Å². The Morgan fingerprint density at radius 1 is 1.21 bits per heavy atom. The van der Waals surface area contributed by atoms with E-state index in [1.807, 2.05) is 0 Å². The average Bonchev–Trinajstić information content (AvgIpc) is 1.99. The molecule has 1 aromatic carbocycles. The molecule has 0 radical (unpaired) electrons. The summed E-state index contributed by atoms with van der Waals surface area (Å²) in [5.74, 6) is 0. The molecule has 0 amide bonds. The Hall–Kier alpha value is -0.510. The van der Waals surface area contributed by atoms with Gasteiger partial charge in [-0.1, -0.05) is 33.6 Å². The number of hydrogen-bond donors (Lipinski definition) is 0. The van der Waals surface area contributed by atoms with Gasteiger partial charge in [0.15, 0.2) is 0 Å². The van der Waals surface area contributed by atoms with Gasteiger partial charge in [-0.15, -0.1) is 0 Å². The van der Waals surface area contributed by atoms with Crippen LogP contribution in [0.4, 0.5) is 13.2 Å². The second-order valence-electron chi connectivity index (χ2n) is 3.25. The van der Waals surface area contributed by atoms with E-state index >= 15 is 0 Å². The van der Waals surface area contributed by atoms with Crippen molar-refractivity contribution in [1.29, 1.82) is 0 Å². The summed E-state index contributed by atoms with van der Waals surface area (Å²) in [5.41, 5.74) is 0.923. The number of aryl methyl sites for hydroxylation is 2. The fraction of sp³-hybridized carbons (Fsp3) is 0.400. The van der Waals surface area contributed by atoms with Gasteiger partial charge in [-0.25, -0.2) is 0 Å². The van der Waals surface area contributed by atoms with Crippen molar-refractivity contribution in [2.45, 2.75) is 25.4 Å². The normalized spacial score (nSPS) is 11.9. The first-order valence-electron chi connectivity index (χ1n) is 4.09. The Bertz CT molecular complexity index is 342. The van der Waals surface area contributed by atoms with Crippen molar-refractivity contribution >= 4 is 15.9 Å². The molecule has 0 aliphatic heterocycles. The molecule has 14 heavy (non-hydrogen) atoms. The van der Waals surface area contributed by atoms with Gasteiger partial charge in [-0.05, 0) is 25.0 Å². The van der Waals surface area contributed by atoms with Crippen LogP contribution in [-0.4, -0.2) is 0 Å². The van der Waals surface area contributed by atoms with E-state index in [1.165, 1.54) is 6.92 Å². The minimum Gasteiger partial charge on any atom is -0.166 e. The van der Waals surface area contributed by atoms with Crippen LogP contribution < -0.4 is 0 Å². The zero-order chi connectivity index (χ0) is 10.9. The van der Waals surface area contributed by atoms with E-state index in [0.717, 1.165) is 5.56 Å². The molecule has 0 saturated heterocycles. The van der Waals surface area contributed by atoms with E-state index in [2.05, 4.69) is 15.9 Å². The molecule has 0 aliphatic rings. The number of alkyl halides is 4. The second kappa shape index (κ2) is 3.93. The van der Waals surface area contributed by atoms with Crippen molar-refractivity contribution in [1.82, 2.24) is 0 Å². The average molecular weight is 267 g/mol. The SMILES string of the molecule is Cc1cc(C)c(C(F)(F)F)c(CBr)c1. The molecule has 4 heteroatoms. The van der Waals surface area contributed by atoms with Gasteiger partial charge in [0.05, 0.1) is 5.56 Å². The predicted molar refractivity (Wildman–Crippen MR) is 53.5 cm³/mol. The highest BCUT2D eigenvalue weighted by Crippen LogP contribution is 2.35. The highest BCUT2D eigenvalue weighted by molar-refractivity contribution is 9.08. The van der Waals surface area contributed by atoms with Crippen LogP contribution in [0.2, 0.25) is 0 Å². The summed E-state index contributed by atoms with van der Waals surface area (Å²) in [4.78, 5) is 0. The summed E-state index contributed by atoms with van der Waals surface area (Å²) in [5, 5.41) is 0.227. The summed E-state index contributed by atoms with van der Waals surface area (Å²) < 4.78 is 37.8. The number of halogens is 4. The molecule has 0 spiro atoms. The van der Waals surface area contributed by atoms with Gasteiger partial charge in [0.25, 0.3) is 0 Å². The van der Waals surface area contributed by atoms with Crippen LogP contribution in [0.15, 0.2) is 12.1 Å². The zero-order valence-electron chi connectivity index (χ0n) is 7.87. The molecular formula is C10H10BrF3. The molecule has 0 aromatic heterocycles. The summed E-state index contributed by atoms with van der Waals surface area (Å²) >= 11 is 3.07. The van der Waals surface area contributed by atoms with Crippen LogP contribution in [0.1, 0.15) is 22.3 Å². The third-order valence-electron chi connectivity index (χ3n) is 1.99. The van der Waals surface area contributed by atoms with Crippen LogP contribution in [0, 0.1) is 13.8 Å². The molecule has 0 atom stereocenters. The van der Waals surface area contributed by atoms with Crippen molar-refractivity contribution < 1.29 is 13.2 Å². The van der Waals surface area contributed by atoms with E-state index in [1.54, 1.807) is 19.1 Å². The quantitative estimate of drug-likeness (QED) is 0.668. The molecule has 0 fully saturated rings.